The predicted octanol–water partition coefficient (Wildman–Crippen LogP) is 3.17. The van der Waals surface area contributed by atoms with Gasteiger partial charge in [0.1, 0.15) is 12.4 Å². The van der Waals surface area contributed by atoms with E-state index >= 15 is 0 Å². The van der Waals surface area contributed by atoms with Gasteiger partial charge in [0.05, 0.1) is 18.0 Å². The standard InChI is InChI=1S/C19H23FN2O3S/c1-4-17(15-11-9-14(2)10-12-15)21-19(23)13-22(26(3,24)25)18-8-6-5-7-16(18)20/h5-12,17H,4,13H2,1-3H3,(H,21,23)/t17-/m0/s1. The maximum atomic E-state index is 14.0. The van der Waals surface area contributed by atoms with Crippen LogP contribution in [0.4, 0.5) is 10.1 Å². The molecule has 5 nitrogen and oxygen atoms in total. The van der Waals surface area contributed by atoms with Crippen LogP contribution in [0.25, 0.3) is 0 Å². The highest BCUT2D eigenvalue weighted by Gasteiger charge is 2.24. The fourth-order valence-corrected chi connectivity index (χ4v) is 3.48. The topological polar surface area (TPSA) is 66.5 Å². The first-order chi connectivity index (χ1) is 12.2. The molecule has 0 spiro atoms. The van der Waals surface area contributed by atoms with Crippen molar-refractivity contribution >= 4 is 21.6 Å². The second-order valence-electron chi connectivity index (χ2n) is 6.16. The molecule has 0 aliphatic rings. The first-order valence-corrected chi connectivity index (χ1v) is 10.2. The van der Waals surface area contributed by atoms with Crippen LogP contribution in [-0.2, 0) is 14.8 Å². The van der Waals surface area contributed by atoms with E-state index in [4.69, 9.17) is 0 Å². The number of amides is 1. The molecule has 0 aliphatic heterocycles. The van der Waals surface area contributed by atoms with Crippen molar-refractivity contribution < 1.29 is 17.6 Å². The molecule has 0 bridgehead atoms. The van der Waals surface area contributed by atoms with Crippen molar-refractivity contribution in [1.29, 1.82) is 0 Å². The number of aryl methyl sites for hydroxylation is 1. The molecule has 1 atom stereocenters. The van der Waals surface area contributed by atoms with E-state index in [1.165, 1.54) is 18.2 Å². The summed E-state index contributed by atoms with van der Waals surface area (Å²) >= 11 is 0. The summed E-state index contributed by atoms with van der Waals surface area (Å²) in [6.07, 6.45) is 1.59. The van der Waals surface area contributed by atoms with Crippen molar-refractivity contribution in [1.82, 2.24) is 5.32 Å². The number of hydrogen-bond donors (Lipinski definition) is 1. The maximum absolute atomic E-state index is 14.0. The van der Waals surface area contributed by atoms with E-state index in [1.807, 2.05) is 38.1 Å². The van der Waals surface area contributed by atoms with E-state index in [0.29, 0.717) is 6.42 Å². The lowest BCUT2D eigenvalue weighted by Crippen LogP contribution is -2.41. The zero-order valence-corrected chi connectivity index (χ0v) is 15.9. The first-order valence-electron chi connectivity index (χ1n) is 8.30. The SMILES string of the molecule is CC[C@H](NC(=O)CN(c1ccccc1F)S(C)(=O)=O)c1ccc(C)cc1. The fourth-order valence-electron chi connectivity index (χ4n) is 2.63. The summed E-state index contributed by atoms with van der Waals surface area (Å²) in [5.74, 6) is -1.19. The second kappa shape index (κ2) is 8.31. The van der Waals surface area contributed by atoms with Gasteiger partial charge >= 0.3 is 0 Å². The van der Waals surface area contributed by atoms with Crippen molar-refractivity contribution in [3.8, 4) is 0 Å². The Labute approximate surface area is 153 Å². The summed E-state index contributed by atoms with van der Waals surface area (Å²) in [4.78, 5) is 12.5. The van der Waals surface area contributed by atoms with Crippen molar-refractivity contribution in [2.45, 2.75) is 26.3 Å². The number of nitrogens with zero attached hydrogens (tertiary/aromatic N) is 1. The average molecular weight is 378 g/mol. The Morgan fingerprint density at radius 3 is 2.31 bits per heavy atom. The minimum Gasteiger partial charge on any atom is -0.348 e. The van der Waals surface area contributed by atoms with Gasteiger partial charge in [-0.15, -0.1) is 0 Å². The molecule has 0 saturated heterocycles. The zero-order valence-electron chi connectivity index (χ0n) is 15.1. The van der Waals surface area contributed by atoms with Gasteiger partial charge in [-0.25, -0.2) is 12.8 Å². The van der Waals surface area contributed by atoms with Crippen LogP contribution < -0.4 is 9.62 Å². The van der Waals surface area contributed by atoms with Crippen LogP contribution in [0.1, 0.15) is 30.5 Å². The molecule has 2 aromatic carbocycles. The summed E-state index contributed by atoms with van der Waals surface area (Å²) in [5, 5.41) is 2.83. The smallest absolute Gasteiger partial charge is 0.241 e. The van der Waals surface area contributed by atoms with E-state index < -0.39 is 28.3 Å². The van der Waals surface area contributed by atoms with Gasteiger partial charge in [-0.05, 0) is 31.0 Å². The maximum Gasteiger partial charge on any atom is 0.241 e. The van der Waals surface area contributed by atoms with Crippen LogP contribution in [0.5, 0.6) is 0 Å². The number of rotatable bonds is 7. The van der Waals surface area contributed by atoms with E-state index in [-0.39, 0.29) is 11.7 Å². The van der Waals surface area contributed by atoms with Crippen LogP contribution in [0.3, 0.4) is 0 Å². The first kappa shape index (κ1) is 19.9. The Morgan fingerprint density at radius 2 is 1.77 bits per heavy atom. The van der Waals surface area contributed by atoms with E-state index in [2.05, 4.69) is 5.32 Å². The van der Waals surface area contributed by atoms with Gasteiger partial charge < -0.3 is 5.32 Å². The van der Waals surface area contributed by atoms with Gasteiger partial charge in [0.2, 0.25) is 15.9 Å². The van der Waals surface area contributed by atoms with Crippen molar-refractivity contribution in [2.75, 3.05) is 17.1 Å². The number of halogens is 1. The van der Waals surface area contributed by atoms with Gasteiger partial charge in [-0.2, -0.15) is 0 Å². The van der Waals surface area contributed by atoms with Gasteiger partial charge in [-0.3, -0.25) is 9.10 Å². The van der Waals surface area contributed by atoms with Crippen LogP contribution in [0, 0.1) is 12.7 Å². The molecule has 1 amide bonds. The van der Waals surface area contributed by atoms with Crippen molar-refractivity contribution in [3.63, 3.8) is 0 Å². The lowest BCUT2D eigenvalue weighted by Gasteiger charge is -2.24. The predicted molar refractivity (Wildman–Crippen MR) is 101 cm³/mol. The number of hydrogen-bond acceptors (Lipinski definition) is 3. The fraction of sp³-hybridized carbons (Fsp3) is 0.316. The number of anilines is 1. The van der Waals surface area contributed by atoms with Crippen LogP contribution in [-0.4, -0.2) is 27.1 Å². The van der Waals surface area contributed by atoms with Gasteiger partial charge in [0.15, 0.2) is 0 Å². The van der Waals surface area contributed by atoms with Crippen molar-refractivity contribution in [2.24, 2.45) is 0 Å². The molecule has 0 fully saturated rings. The highest BCUT2D eigenvalue weighted by molar-refractivity contribution is 7.92. The molecule has 140 valence electrons. The Balaban J connectivity index is 2.19. The number of para-hydroxylation sites is 1. The molecule has 0 aliphatic carbocycles. The Morgan fingerprint density at radius 1 is 1.15 bits per heavy atom. The van der Waals surface area contributed by atoms with Gasteiger partial charge in [0.25, 0.3) is 0 Å². The summed E-state index contributed by atoms with van der Waals surface area (Å²) in [6, 6.07) is 13.0. The minimum absolute atomic E-state index is 0.145. The third kappa shape index (κ3) is 5.05. The molecular formula is C19H23FN2O3S. The summed E-state index contributed by atoms with van der Waals surface area (Å²) in [5.41, 5.74) is 1.90. The average Bonchev–Trinajstić information content (AvgIpc) is 2.58. The molecule has 1 N–H and O–H groups in total. The number of sulfonamides is 1. The number of carbonyl (C=O) groups is 1. The lowest BCUT2D eigenvalue weighted by atomic mass is 10.0. The Kier molecular flexibility index (Phi) is 6.37. The largest absolute Gasteiger partial charge is 0.348 e. The van der Waals surface area contributed by atoms with E-state index in [9.17, 15) is 17.6 Å². The van der Waals surface area contributed by atoms with Crippen LogP contribution >= 0.6 is 0 Å². The van der Waals surface area contributed by atoms with Gasteiger partial charge in [0, 0.05) is 0 Å². The number of carbonyl (C=O) groups excluding carboxylic acids is 1. The molecule has 0 radical (unpaired) electrons. The van der Waals surface area contributed by atoms with Gasteiger partial charge in [-0.1, -0.05) is 48.9 Å². The Hall–Kier alpha value is -2.41. The van der Waals surface area contributed by atoms with Crippen molar-refractivity contribution in [3.05, 3.63) is 65.5 Å². The molecule has 0 heterocycles. The molecular weight excluding hydrogens is 355 g/mol. The lowest BCUT2D eigenvalue weighted by molar-refractivity contribution is -0.120. The molecule has 2 aromatic rings. The zero-order chi connectivity index (χ0) is 19.3. The molecule has 0 unspecified atom stereocenters. The summed E-state index contributed by atoms with van der Waals surface area (Å²) < 4.78 is 38.9. The third-order valence-corrected chi connectivity index (χ3v) is 5.16. The normalized spacial score (nSPS) is 12.5. The highest BCUT2D eigenvalue weighted by Crippen LogP contribution is 2.22. The Bertz CT molecular complexity index is 867. The molecule has 7 heteroatoms. The van der Waals surface area contributed by atoms with E-state index in [0.717, 1.165) is 27.8 Å². The second-order valence-corrected chi connectivity index (χ2v) is 8.07. The monoisotopic (exact) mass is 378 g/mol. The van der Waals surface area contributed by atoms with Crippen LogP contribution in [0.2, 0.25) is 0 Å². The summed E-state index contributed by atoms with van der Waals surface area (Å²) in [7, 11) is -3.82. The van der Waals surface area contributed by atoms with Crippen LogP contribution in [0.15, 0.2) is 48.5 Å². The molecule has 0 saturated carbocycles. The molecule has 26 heavy (non-hydrogen) atoms. The quantitative estimate of drug-likeness (QED) is 0.805. The summed E-state index contributed by atoms with van der Waals surface area (Å²) in [6.45, 7) is 3.42. The number of benzene rings is 2. The third-order valence-electron chi connectivity index (χ3n) is 4.03. The number of nitrogens with one attached hydrogen (secondary N) is 1. The van der Waals surface area contributed by atoms with E-state index in [1.54, 1.807) is 0 Å². The molecule has 2 rings (SSSR count). The minimum atomic E-state index is -3.82. The molecule has 0 aromatic heterocycles. The highest BCUT2D eigenvalue weighted by atomic mass is 32.2.